The zero-order valence-corrected chi connectivity index (χ0v) is 17.3. The van der Waals surface area contributed by atoms with Crippen molar-refractivity contribution in [3.63, 3.8) is 0 Å². The van der Waals surface area contributed by atoms with Gasteiger partial charge in [-0.3, -0.25) is 0 Å². The van der Waals surface area contributed by atoms with Gasteiger partial charge in [-0.2, -0.15) is 0 Å². The van der Waals surface area contributed by atoms with Crippen LogP contribution in [0.1, 0.15) is 41.9 Å². The van der Waals surface area contributed by atoms with Gasteiger partial charge in [-0.1, -0.05) is 55.0 Å². The van der Waals surface area contributed by atoms with Crippen LogP contribution in [0.25, 0.3) is 0 Å². The quantitative estimate of drug-likeness (QED) is 0.405. The molecule has 2 atom stereocenters. The van der Waals surface area contributed by atoms with E-state index < -0.39 is 0 Å². The Balaban J connectivity index is 1.91. The Morgan fingerprint density at radius 2 is 0.968 bits per heavy atom. The van der Waals surface area contributed by atoms with Crippen LogP contribution in [0.2, 0.25) is 0 Å². The van der Waals surface area contributed by atoms with Crippen molar-refractivity contribution in [2.45, 2.75) is 25.2 Å². The second-order valence-corrected chi connectivity index (χ2v) is 8.17. The molecule has 0 saturated carbocycles. The fourth-order valence-electron chi connectivity index (χ4n) is 4.36. The minimum atomic E-state index is -0.0992. The highest BCUT2D eigenvalue weighted by molar-refractivity contribution is 5.47. The molecule has 4 rings (SSSR count). The Hall–Kier alpha value is -3.66. The summed E-state index contributed by atoms with van der Waals surface area (Å²) in [6.07, 6.45) is 4.46. The maximum absolute atomic E-state index is 10.1. The van der Waals surface area contributed by atoms with Gasteiger partial charge < -0.3 is 20.4 Å². The molecule has 3 aromatic carbocycles. The van der Waals surface area contributed by atoms with Crippen molar-refractivity contribution in [1.29, 1.82) is 0 Å². The van der Waals surface area contributed by atoms with Crippen molar-refractivity contribution in [1.82, 2.24) is 0 Å². The molecule has 0 radical (unpaired) electrons. The van der Waals surface area contributed by atoms with Gasteiger partial charge in [-0.25, -0.2) is 0 Å². The van der Waals surface area contributed by atoms with E-state index in [-0.39, 0.29) is 35.0 Å². The third-order valence-electron chi connectivity index (χ3n) is 6.00. The Morgan fingerprint density at radius 3 is 1.35 bits per heavy atom. The van der Waals surface area contributed by atoms with Crippen molar-refractivity contribution >= 4 is 0 Å². The maximum atomic E-state index is 10.1. The summed E-state index contributed by atoms with van der Waals surface area (Å²) in [6.45, 7) is 2.00. The number of phenols is 3. The highest BCUT2D eigenvalue weighted by Crippen LogP contribution is 2.46. The van der Waals surface area contributed by atoms with Gasteiger partial charge in [0.05, 0.1) is 5.76 Å². The molecular weight excluding hydrogens is 388 g/mol. The van der Waals surface area contributed by atoms with Crippen LogP contribution in [0, 0.1) is 5.92 Å². The first-order valence-electron chi connectivity index (χ1n) is 10.4. The monoisotopic (exact) mass is 414 g/mol. The number of hydrogen-bond acceptors (Lipinski definition) is 4. The summed E-state index contributed by atoms with van der Waals surface area (Å²) in [7, 11) is 0. The number of rotatable bonds is 5. The summed E-state index contributed by atoms with van der Waals surface area (Å²) in [4.78, 5) is 0. The van der Waals surface area contributed by atoms with Gasteiger partial charge in [0.25, 0.3) is 0 Å². The lowest BCUT2D eigenvalue weighted by Crippen LogP contribution is -2.19. The predicted molar refractivity (Wildman–Crippen MR) is 121 cm³/mol. The summed E-state index contributed by atoms with van der Waals surface area (Å²) < 4.78 is 0. The van der Waals surface area contributed by atoms with E-state index in [1.165, 1.54) is 5.57 Å². The Labute approximate surface area is 182 Å². The molecule has 0 aromatic heterocycles. The first-order chi connectivity index (χ1) is 14.9. The number of phenolic OH excluding ortho intramolecular Hbond substituents is 3. The average molecular weight is 415 g/mol. The molecule has 0 heterocycles. The largest absolute Gasteiger partial charge is 0.512 e. The van der Waals surface area contributed by atoms with Crippen LogP contribution in [-0.2, 0) is 0 Å². The lowest BCUT2D eigenvalue weighted by atomic mass is 9.70. The van der Waals surface area contributed by atoms with Crippen LogP contribution < -0.4 is 0 Å². The summed E-state index contributed by atoms with van der Waals surface area (Å²) >= 11 is 0. The molecule has 4 nitrogen and oxygen atoms in total. The number of aromatic hydroxyl groups is 3. The Kier molecular flexibility index (Phi) is 5.72. The average Bonchev–Trinajstić information content (AvgIpc) is 2.77. The molecule has 2 unspecified atom stereocenters. The van der Waals surface area contributed by atoms with Gasteiger partial charge in [-0.05, 0) is 65.6 Å². The molecule has 4 N–H and O–H groups in total. The first kappa shape index (κ1) is 20.6. The minimum Gasteiger partial charge on any atom is -0.512 e. The van der Waals surface area contributed by atoms with Crippen molar-refractivity contribution in [2.75, 3.05) is 0 Å². The maximum Gasteiger partial charge on any atom is 0.115 e. The van der Waals surface area contributed by atoms with Gasteiger partial charge in [0.15, 0.2) is 0 Å². The molecular formula is C27H26O4. The van der Waals surface area contributed by atoms with E-state index in [2.05, 4.69) is 0 Å². The molecule has 0 saturated heterocycles. The number of allylic oxidation sites excluding steroid dienone is 4. The Morgan fingerprint density at radius 1 is 0.581 bits per heavy atom. The van der Waals surface area contributed by atoms with Crippen LogP contribution in [0.5, 0.6) is 17.2 Å². The molecule has 4 heteroatoms. The molecule has 158 valence electrons. The van der Waals surface area contributed by atoms with Crippen LogP contribution in [0.3, 0.4) is 0 Å². The van der Waals surface area contributed by atoms with Gasteiger partial charge >= 0.3 is 0 Å². The van der Waals surface area contributed by atoms with E-state index in [9.17, 15) is 20.4 Å². The third kappa shape index (κ3) is 4.43. The summed E-state index contributed by atoms with van der Waals surface area (Å²) in [5.41, 5.74) is 4.25. The standard InChI is InChI=1S/C27H26O4/c1-17-16-21(8-15-25(17)31)27(20-6-13-24(30)14-7-20)26(18-2-9-22(28)10-3-18)19-4-11-23(29)12-5-19/h2-15,17,26-31H,16H2,1H3. The predicted octanol–water partition coefficient (Wildman–Crippen LogP) is 6.13. The van der Waals surface area contributed by atoms with Gasteiger partial charge in [-0.15, -0.1) is 0 Å². The molecule has 0 aliphatic heterocycles. The SMILES string of the molecule is CC1CC(C(c2ccc(O)cc2)C(c2ccc(O)cc2)c2ccc(O)cc2)=CC=C1O. The second kappa shape index (κ2) is 8.60. The highest BCUT2D eigenvalue weighted by Gasteiger charge is 2.31. The van der Waals surface area contributed by atoms with Crippen LogP contribution in [0.15, 0.2) is 96.3 Å². The van der Waals surface area contributed by atoms with Crippen LogP contribution in [0.4, 0.5) is 0 Å². The summed E-state index contributed by atoms with van der Waals surface area (Å²) in [5, 5.41) is 39.7. The molecule has 1 aliphatic carbocycles. The second-order valence-electron chi connectivity index (χ2n) is 8.17. The summed E-state index contributed by atoms with van der Waals surface area (Å²) in [6, 6.07) is 21.6. The highest BCUT2D eigenvalue weighted by atomic mass is 16.3. The lowest BCUT2D eigenvalue weighted by molar-refractivity contribution is 0.332. The van der Waals surface area contributed by atoms with E-state index >= 15 is 0 Å². The molecule has 0 bridgehead atoms. The first-order valence-corrected chi connectivity index (χ1v) is 10.4. The van der Waals surface area contributed by atoms with E-state index in [0.717, 1.165) is 16.7 Å². The van der Waals surface area contributed by atoms with Crippen molar-refractivity contribution in [3.05, 3.63) is 113 Å². The number of benzene rings is 3. The molecule has 0 fully saturated rings. The zero-order chi connectivity index (χ0) is 22.0. The number of aliphatic hydroxyl groups excluding tert-OH is 1. The topological polar surface area (TPSA) is 80.9 Å². The fourth-order valence-corrected chi connectivity index (χ4v) is 4.36. The zero-order valence-electron chi connectivity index (χ0n) is 17.3. The van der Waals surface area contributed by atoms with Crippen molar-refractivity contribution < 1.29 is 20.4 Å². The van der Waals surface area contributed by atoms with E-state index in [0.29, 0.717) is 12.2 Å². The van der Waals surface area contributed by atoms with Gasteiger partial charge in [0, 0.05) is 17.8 Å². The van der Waals surface area contributed by atoms with Crippen molar-refractivity contribution in [3.8, 4) is 17.2 Å². The number of aliphatic hydroxyl groups is 1. The van der Waals surface area contributed by atoms with E-state index in [4.69, 9.17) is 0 Å². The molecule has 0 amide bonds. The molecule has 0 spiro atoms. The molecule has 31 heavy (non-hydrogen) atoms. The van der Waals surface area contributed by atoms with Crippen LogP contribution >= 0.6 is 0 Å². The van der Waals surface area contributed by atoms with E-state index in [1.807, 2.05) is 49.4 Å². The molecule has 1 aliphatic rings. The Bertz CT molecular complexity index is 1050. The number of hydrogen-bond donors (Lipinski definition) is 4. The minimum absolute atomic E-state index is 0.0138. The normalized spacial score (nSPS) is 17.2. The fraction of sp³-hybridized carbons (Fsp3) is 0.185. The smallest absolute Gasteiger partial charge is 0.115 e. The van der Waals surface area contributed by atoms with Gasteiger partial charge in [0.1, 0.15) is 17.2 Å². The van der Waals surface area contributed by atoms with Crippen LogP contribution in [-0.4, -0.2) is 20.4 Å². The van der Waals surface area contributed by atoms with Crippen molar-refractivity contribution in [2.24, 2.45) is 5.92 Å². The lowest BCUT2D eigenvalue weighted by Gasteiger charge is -2.33. The van der Waals surface area contributed by atoms with E-state index in [1.54, 1.807) is 42.5 Å². The summed E-state index contributed by atoms with van der Waals surface area (Å²) in [5.74, 6) is 0.829. The molecule has 3 aromatic rings. The third-order valence-corrected chi connectivity index (χ3v) is 6.00. The van der Waals surface area contributed by atoms with Gasteiger partial charge in [0.2, 0.25) is 0 Å².